The van der Waals surface area contributed by atoms with Crippen LogP contribution in [0.4, 0.5) is 0 Å². The maximum absolute atomic E-state index is 12.5. The van der Waals surface area contributed by atoms with Gasteiger partial charge in [-0.25, -0.2) is 0 Å². The van der Waals surface area contributed by atoms with Crippen LogP contribution in [0.3, 0.4) is 0 Å². The van der Waals surface area contributed by atoms with E-state index in [4.69, 9.17) is 0 Å². The van der Waals surface area contributed by atoms with Crippen LogP contribution in [0.25, 0.3) is 0 Å². The van der Waals surface area contributed by atoms with E-state index in [1.165, 1.54) is 25.7 Å². The van der Waals surface area contributed by atoms with Crippen molar-refractivity contribution < 1.29 is 9.90 Å². The molecular weight excluding hydrogens is 300 g/mol. The predicted molar refractivity (Wildman–Crippen MR) is 95.9 cm³/mol. The minimum absolute atomic E-state index is 0.247. The quantitative estimate of drug-likeness (QED) is 0.903. The molecule has 4 atom stereocenters. The van der Waals surface area contributed by atoms with Crippen molar-refractivity contribution in [3.63, 3.8) is 0 Å². The monoisotopic (exact) mass is 330 g/mol. The molecule has 1 N–H and O–H groups in total. The van der Waals surface area contributed by atoms with Crippen molar-refractivity contribution in [1.29, 1.82) is 0 Å². The summed E-state index contributed by atoms with van der Waals surface area (Å²) in [6.45, 7) is 0. The van der Waals surface area contributed by atoms with Crippen LogP contribution in [-0.4, -0.2) is 54.0 Å². The van der Waals surface area contributed by atoms with Crippen LogP contribution in [0.15, 0.2) is 24.3 Å². The normalized spacial score (nSPS) is 29.0. The van der Waals surface area contributed by atoms with Gasteiger partial charge in [0.15, 0.2) is 0 Å². The Hall–Kier alpha value is -1.55. The Labute approximate surface area is 145 Å². The van der Waals surface area contributed by atoms with Crippen molar-refractivity contribution in [2.45, 2.75) is 50.6 Å². The van der Waals surface area contributed by atoms with Crippen molar-refractivity contribution in [2.75, 3.05) is 21.1 Å². The van der Waals surface area contributed by atoms with Crippen LogP contribution < -0.4 is 0 Å². The average Bonchev–Trinajstić information content (AvgIpc) is 3.12. The summed E-state index contributed by atoms with van der Waals surface area (Å²) in [5.74, 6) is 2.12. The molecule has 4 nitrogen and oxygen atoms in total. The standard InChI is InChI=1S/C20H30N2O2/c1-21(2)17-10-15-12-18(13-16(15)11-17)22(3)20(24)9-6-14-4-7-19(23)8-5-14/h4-5,7-8,15-18,23H,6,9-13H2,1-3H3/t15-,16+,17?,18?. The molecule has 2 aliphatic rings. The van der Waals surface area contributed by atoms with Crippen molar-refractivity contribution >= 4 is 5.91 Å². The van der Waals surface area contributed by atoms with Crippen molar-refractivity contribution in [3.8, 4) is 5.75 Å². The Bertz CT molecular complexity index is 556. The number of aryl methyl sites for hydroxylation is 1. The zero-order valence-electron chi connectivity index (χ0n) is 15.1. The third-order valence-electron chi connectivity index (χ3n) is 6.20. The van der Waals surface area contributed by atoms with Crippen molar-refractivity contribution in [3.05, 3.63) is 29.8 Å². The van der Waals surface area contributed by atoms with Gasteiger partial charge in [0, 0.05) is 25.6 Å². The first kappa shape index (κ1) is 17.3. The van der Waals surface area contributed by atoms with Crippen LogP contribution in [-0.2, 0) is 11.2 Å². The second-order valence-corrected chi connectivity index (χ2v) is 7.91. The van der Waals surface area contributed by atoms with Crippen LogP contribution >= 0.6 is 0 Å². The fraction of sp³-hybridized carbons (Fsp3) is 0.650. The number of carbonyl (C=O) groups excluding carboxylic acids is 1. The lowest BCUT2D eigenvalue weighted by Gasteiger charge is -2.27. The lowest BCUT2D eigenvalue weighted by Crippen LogP contribution is -2.36. The second-order valence-electron chi connectivity index (χ2n) is 7.91. The maximum atomic E-state index is 12.5. The lowest BCUT2D eigenvalue weighted by molar-refractivity contribution is -0.131. The molecule has 2 fully saturated rings. The number of hydrogen-bond acceptors (Lipinski definition) is 3. The molecule has 0 aromatic heterocycles. The van der Waals surface area contributed by atoms with E-state index >= 15 is 0 Å². The zero-order valence-corrected chi connectivity index (χ0v) is 15.1. The van der Waals surface area contributed by atoms with E-state index in [2.05, 4.69) is 19.0 Å². The van der Waals surface area contributed by atoms with Gasteiger partial charge in [-0.15, -0.1) is 0 Å². The Morgan fingerprint density at radius 2 is 1.54 bits per heavy atom. The number of phenols is 1. The van der Waals surface area contributed by atoms with E-state index in [0.29, 0.717) is 12.5 Å². The Balaban J connectivity index is 1.48. The molecule has 4 heteroatoms. The van der Waals surface area contributed by atoms with Gasteiger partial charge in [-0.3, -0.25) is 4.79 Å². The SMILES string of the molecule is CN(C)C1C[C@@H]2CC(N(C)C(=O)CCc3ccc(O)cc3)C[C@@H]2C1. The minimum Gasteiger partial charge on any atom is -0.508 e. The van der Waals surface area contributed by atoms with Crippen molar-refractivity contribution in [2.24, 2.45) is 11.8 Å². The number of fused-ring (bicyclic) bond motifs is 1. The van der Waals surface area contributed by atoms with Crippen LogP contribution in [0.2, 0.25) is 0 Å². The van der Waals surface area contributed by atoms with Gasteiger partial charge in [0.05, 0.1) is 0 Å². The second kappa shape index (κ2) is 7.14. The topological polar surface area (TPSA) is 43.8 Å². The van der Waals surface area contributed by atoms with E-state index in [-0.39, 0.29) is 11.7 Å². The fourth-order valence-electron chi connectivity index (χ4n) is 4.58. The number of amides is 1. The van der Waals surface area contributed by atoms with Crippen molar-refractivity contribution in [1.82, 2.24) is 9.80 Å². The molecule has 1 aromatic rings. The van der Waals surface area contributed by atoms with E-state index in [1.54, 1.807) is 12.1 Å². The van der Waals surface area contributed by atoms with Gasteiger partial charge in [0.25, 0.3) is 0 Å². The molecule has 1 aromatic carbocycles. The highest BCUT2D eigenvalue weighted by molar-refractivity contribution is 5.76. The summed E-state index contributed by atoms with van der Waals surface area (Å²) in [5.41, 5.74) is 1.10. The number of hydrogen-bond donors (Lipinski definition) is 1. The predicted octanol–water partition coefficient (Wildman–Crippen LogP) is 2.90. The Morgan fingerprint density at radius 3 is 2.08 bits per heavy atom. The highest BCUT2D eigenvalue weighted by atomic mass is 16.3. The molecule has 132 valence electrons. The number of carbonyl (C=O) groups is 1. The molecule has 24 heavy (non-hydrogen) atoms. The highest BCUT2D eigenvalue weighted by Crippen LogP contribution is 2.46. The van der Waals surface area contributed by atoms with E-state index in [0.717, 1.165) is 29.9 Å². The van der Waals surface area contributed by atoms with E-state index in [9.17, 15) is 9.90 Å². The number of phenolic OH excluding ortho intramolecular Hbond substituents is 1. The summed E-state index contributed by atoms with van der Waals surface area (Å²) in [6.07, 6.45) is 6.24. The molecular formula is C20H30N2O2. The molecule has 0 spiro atoms. The Kier molecular flexibility index (Phi) is 5.14. The van der Waals surface area contributed by atoms with Gasteiger partial charge < -0.3 is 14.9 Å². The summed E-state index contributed by atoms with van der Waals surface area (Å²) in [5, 5.41) is 9.32. The molecule has 0 bridgehead atoms. The first-order valence-electron chi connectivity index (χ1n) is 9.14. The molecule has 0 saturated heterocycles. The lowest BCUT2D eigenvalue weighted by atomic mass is 10.0. The first-order valence-corrected chi connectivity index (χ1v) is 9.14. The molecule has 1 amide bonds. The average molecular weight is 330 g/mol. The van der Waals surface area contributed by atoms with Gasteiger partial charge >= 0.3 is 0 Å². The van der Waals surface area contributed by atoms with Crippen LogP contribution in [0.5, 0.6) is 5.75 Å². The minimum atomic E-state index is 0.247. The maximum Gasteiger partial charge on any atom is 0.222 e. The third-order valence-corrected chi connectivity index (χ3v) is 6.20. The van der Waals surface area contributed by atoms with Gasteiger partial charge in [-0.2, -0.15) is 0 Å². The molecule has 0 heterocycles. The largest absolute Gasteiger partial charge is 0.508 e. The fourth-order valence-corrected chi connectivity index (χ4v) is 4.58. The summed E-state index contributed by atoms with van der Waals surface area (Å²) < 4.78 is 0. The molecule has 3 rings (SSSR count). The summed E-state index contributed by atoms with van der Waals surface area (Å²) in [4.78, 5) is 16.9. The van der Waals surface area contributed by atoms with E-state index in [1.807, 2.05) is 24.1 Å². The summed E-state index contributed by atoms with van der Waals surface area (Å²) in [6, 6.07) is 8.31. The van der Waals surface area contributed by atoms with Gasteiger partial charge in [0.2, 0.25) is 5.91 Å². The van der Waals surface area contributed by atoms with Gasteiger partial charge in [-0.1, -0.05) is 12.1 Å². The first-order chi connectivity index (χ1) is 11.4. The van der Waals surface area contributed by atoms with E-state index < -0.39 is 0 Å². The zero-order chi connectivity index (χ0) is 17.3. The third kappa shape index (κ3) is 3.75. The molecule has 0 aliphatic heterocycles. The Morgan fingerprint density at radius 1 is 1.00 bits per heavy atom. The molecule has 2 aliphatic carbocycles. The highest BCUT2D eigenvalue weighted by Gasteiger charge is 2.43. The molecule has 0 radical (unpaired) electrons. The van der Waals surface area contributed by atoms with Crippen LogP contribution in [0, 0.1) is 11.8 Å². The molecule has 2 saturated carbocycles. The van der Waals surface area contributed by atoms with Gasteiger partial charge in [-0.05, 0) is 75.7 Å². The van der Waals surface area contributed by atoms with Crippen LogP contribution in [0.1, 0.15) is 37.7 Å². The number of aromatic hydroxyl groups is 1. The number of nitrogens with zero attached hydrogens (tertiary/aromatic N) is 2. The summed E-state index contributed by atoms with van der Waals surface area (Å²) >= 11 is 0. The summed E-state index contributed by atoms with van der Waals surface area (Å²) in [7, 11) is 6.35. The molecule has 2 unspecified atom stereocenters. The smallest absolute Gasteiger partial charge is 0.222 e. The van der Waals surface area contributed by atoms with Gasteiger partial charge in [0.1, 0.15) is 5.75 Å². The number of benzene rings is 1. The number of rotatable bonds is 5.